The fourth-order valence-electron chi connectivity index (χ4n) is 3.15. The van der Waals surface area contributed by atoms with Gasteiger partial charge in [-0.3, -0.25) is 0 Å². The summed E-state index contributed by atoms with van der Waals surface area (Å²) in [6.07, 6.45) is 0. The van der Waals surface area contributed by atoms with Gasteiger partial charge in [-0.1, -0.05) is 35.9 Å². The lowest BCUT2D eigenvalue weighted by molar-refractivity contribution is 0.0735. The zero-order valence-corrected chi connectivity index (χ0v) is 14.6. The average Bonchev–Trinajstić information content (AvgIpc) is 3.04. The number of carbonyl (C=O) groups excluding carboxylic acids is 1. The Balaban J connectivity index is 1.55. The number of esters is 1. The zero-order valence-electron chi connectivity index (χ0n) is 14.6. The number of rotatable bonds is 2. The maximum Gasteiger partial charge on any atom is 0.343 e. The SMILES string of the molecule is Cc1ccc(C(=O)Oc2ccc3nc4[nH]c5ccccc5c4nc3c2)cc1. The lowest BCUT2D eigenvalue weighted by Gasteiger charge is -2.06. The van der Waals surface area contributed by atoms with E-state index in [9.17, 15) is 4.79 Å². The number of nitrogens with zero attached hydrogens (tertiary/aromatic N) is 2. The standard InChI is InChI=1S/C22H15N3O2/c1-13-6-8-14(9-7-13)22(26)27-15-10-11-18-19(12-15)23-20-16-4-2-3-5-17(16)24-21(20)25-18/h2-12H,1H3,(H,24,25). The van der Waals surface area contributed by atoms with Crippen molar-refractivity contribution >= 4 is 39.1 Å². The highest BCUT2D eigenvalue weighted by molar-refractivity contribution is 6.05. The molecule has 0 aliphatic carbocycles. The van der Waals surface area contributed by atoms with Gasteiger partial charge in [-0.05, 0) is 37.3 Å². The smallest absolute Gasteiger partial charge is 0.343 e. The van der Waals surface area contributed by atoms with Crippen molar-refractivity contribution in [2.24, 2.45) is 0 Å². The first-order valence-electron chi connectivity index (χ1n) is 8.64. The number of para-hydroxylation sites is 1. The monoisotopic (exact) mass is 353 g/mol. The molecule has 0 radical (unpaired) electrons. The second-order valence-corrected chi connectivity index (χ2v) is 6.50. The third-order valence-corrected chi connectivity index (χ3v) is 4.57. The van der Waals surface area contributed by atoms with Crippen molar-refractivity contribution in [1.29, 1.82) is 0 Å². The van der Waals surface area contributed by atoms with Crippen molar-refractivity contribution in [3.8, 4) is 5.75 Å². The molecule has 0 bridgehead atoms. The summed E-state index contributed by atoms with van der Waals surface area (Å²) >= 11 is 0. The maximum atomic E-state index is 12.3. The Morgan fingerprint density at radius 3 is 2.59 bits per heavy atom. The number of benzene rings is 3. The number of aryl methyl sites for hydroxylation is 1. The highest BCUT2D eigenvalue weighted by Crippen LogP contribution is 2.26. The first kappa shape index (κ1) is 15.5. The van der Waals surface area contributed by atoms with E-state index in [1.807, 2.05) is 49.4 Å². The van der Waals surface area contributed by atoms with Crippen LogP contribution in [0, 0.1) is 6.92 Å². The van der Waals surface area contributed by atoms with Crippen LogP contribution in [0.1, 0.15) is 15.9 Å². The Kier molecular flexibility index (Phi) is 3.40. The number of aromatic nitrogens is 3. The number of fused-ring (bicyclic) bond motifs is 4. The third-order valence-electron chi connectivity index (χ3n) is 4.57. The summed E-state index contributed by atoms with van der Waals surface area (Å²) < 4.78 is 5.51. The summed E-state index contributed by atoms with van der Waals surface area (Å²) in [5, 5.41) is 1.02. The Bertz CT molecular complexity index is 1320. The van der Waals surface area contributed by atoms with Crippen LogP contribution in [0.5, 0.6) is 5.75 Å². The lowest BCUT2D eigenvalue weighted by Crippen LogP contribution is -2.08. The van der Waals surface area contributed by atoms with Crippen LogP contribution < -0.4 is 4.74 Å². The third kappa shape index (κ3) is 2.69. The van der Waals surface area contributed by atoms with E-state index in [-0.39, 0.29) is 0 Å². The van der Waals surface area contributed by atoms with Crippen LogP contribution in [0.15, 0.2) is 66.7 Å². The van der Waals surface area contributed by atoms with E-state index in [2.05, 4.69) is 9.97 Å². The molecule has 0 unspecified atom stereocenters. The van der Waals surface area contributed by atoms with Gasteiger partial charge >= 0.3 is 5.97 Å². The molecule has 5 rings (SSSR count). The quantitative estimate of drug-likeness (QED) is 0.366. The summed E-state index contributed by atoms with van der Waals surface area (Å²) in [6.45, 7) is 1.97. The minimum atomic E-state index is -0.393. The van der Waals surface area contributed by atoms with Gasteiger partial charge in [0.2, 0.25) is 0 Å². The van der Waals surface area contributed by atoms with Gasteiger partial charge in [-0.25, -0.2) is 14.8 Å². The molecule has 0 atom stereocenters. The Morgan fingerprint density at radius 2 is 1.74 bits per heavy atom. The topological polar surface area (TPSA) is 67.9 Å². The Morgan fingerprint density at radius 1 is 0.926 bits per heavy atom. The molecule has 5 aromatic rings. The maximum absolute atomic E-state index is 12.3. The molecule has 0 saturated carbocycles. The van der Waals surface area contributed by atoms with E-state index in [4.69, 9.17) is 9.72 Å². The normalized spacial score (nSPS) is 11.3. The predicted octanol–water partition coefficient (Wildman–Crippen LogP) is 4.79. The van der Waals surface area contributed by atoms with E-state index < -0.39 is 5.97 Å². The van der Waals surface area contributed by atoms with Crippen molar-refractivity contribution in [2.75, 3.05) is 0 Å². The summed E-state index contributed by atoms with van der Waals surface area (Å²) in [7, 11) is 0. The van der Waals surface area contributed by atoms with Crippen LogP contribution in [-0.4, -0.2) is 20.9 Å². The van der Waals surface area contributed by atoms with Gasteiger partial charge in [0.25, 0.3) is 0 Å². The summed E-state index contributed by atoms with van der Waals surface area (Å²) in [5.74, 6) is 0.0528. The highest BCUT2D eigenvalue weighted by atomic mass is 16.5. The molecule has 5 nitrogen and oxygen atoms in total. The van der Waals surface area contributed by atoms with Gasteiger partial charge in [0, 0.05) is 17.0 Å². The van der Waals surface area contributed by atoms with Gasteiger partial charge in [0.15, 0.2) is 5.65 Å². The van der Waals surface area contributed by atoms with E-state index >= 15 is 0 Å². The van der Waals surface area contributed by atoms with Gasteiger partial charge in [-0.15, -0.1) is 0 Å². The molecule has 2 heterocycles. The molecule has 27 heavy (non-hydrogen) atoms. The number of hydrogen-bond acceptors (Lipinski definition) is 4. The fourth-order valence-corrected chi connectivity index (χ4v) is 3.15. The molecule has 0 saturated heterocycles. The van der Waals surface area contributed by atoms with Crippen molar-refractivity contribution in [1.82, 2.24) is 15.0 Å². The predicted molar refractivity (Wildman–Crippen MR) is 105 cm³/mol. The molecular formula is C22H15N3O2. The zero-order chi connectivity index (χ0) is 18.4. The number of carbonyl (C=O) groups is 1. The summed E-state index contributed by atoms with van der Waals surface area (Å²) in [5.41, 5.74) is 5.57. The molecule has 0 fully saturated rings. The van der Waals surface area contributed by atoms with Gasteiger partial charge in [0.1, 0.15) is 11.3 Å². The summed E-state index contributed by atoms with van der Waals surface area (Å²) in [6, 6.07) is 20.5. The average molecular weight is 353 g/mol. The van der Waals surface area contributed by atoms with Crippen molar-refractivity contribution in [3.63, 3.8) is 0 Å². The molecule has 0 aliphatic rings. The number of aromatic amines is 1. The minimum Gasteiger partial charge on any atom is -0.423 e. The first-order valence-corrected chi connectivity index (χ1v) is 8.64. The number of ether oxygens (including phenoxy) is 1. The Labute approximate surface area is 154 Å². The van der Waals surface area contributed by atoms with E-state index in [0.29, 0.717) is 16.8 Å². The fraction of sp³-hybridized carbons (Fsp3) is 0.0455. The molecule has 0 spiro atoms. The van der Waals surface area contributed by atoms with E-state index in [1.54, 1.807) is 24.3 Å². The van der Waals surface area contributed by atoms with E-state index in [0.717, 1.165) is 33.1 Å². The van der Waals surface area contributed by atoms with Crippen LogP contribution in [0.25, 0.3) is 33.1 Å². The number of nitrogens with one attached hydrogen (secondary N) is 1. The lowest BCUT2D eigenvalue weighted by atomic mass is 10.1. The van der Waals surface area contributed by atoms with E-state index in [1.165, 1.54) is 0 Å². The molecule has 0 amide bonds. The van der Waals surface area contributed by atoms with Gasteiger partial charge in [0.05, 0.1) is 16.6 Å². The van der Waals surface area contributed by atoms with Crippen LogP contribution in [0.2, 0.25) is 0 Å². The Hall–Kier alpha value is -3.73. The first-order chi connectivity index (χ1) is 13.2. The van der Waals surface area contributed by atoms with Crippen LogP contribution in [0.3, 0.4) is 0 Å². The molecule has 0 aliphatic heterocycles. The molecule has 3 aromatic carbocycles. The van der Waals surface area contributed by atoms with Crippen LogP contribution in [0.4, 0.5) is 0 Å². The van der Waals surface area contributed by atoms with Crippen molar-refractivity contribution in [2.45, 2.75) is 6.92 Å². The van der Waals surface area contributed by atoms with Crippen LogP contribution in [-0.2, 0) is 0 Å². The van der Waals surface area contributed by atoms with Crippen LogP contribution >= 0.6 is 0 Å². The second kappa shape index (κ2) is 5.92. The second-order valence-electron chi connectivity index (χ2n) is 6.50. The number of hydrogen-bond donors (Lipinski definition) is 1. The molecule has 5 heteroatoms. The van der Waals surface area contributed by atoms with Gasteiger partial charge in [-0.2, -0.15) is 0 Å². The summed E-state index contributed by atoms with van der Waals surface area (Å²) in [4.78, 5) is 25.0. The minimum absolute atomic E-state index is 0.393. The van der Waals surface area contributed by atoms with Crippen molar-refractivity contribution in [3.05, 3.63) is 77.9 Å². The van der Waals surface area contributed by atoms with Gasteiger partial charge < -0.3 is 9.72 Å². The number of H-pyrrole nitrogens is 1. The molecular weight excluding hydrogens is 338 g/mol. The largest absolute Gasteiger partial charge is 0.423 e. The highest BCUT2D eigenvalue weighted by Gasteiger charge is 2.12. The molecule has 2 aromatic heterocycles. The molecule has 1 N–H and O–H groups in total. The molecule has 130 valence electrons. The van der Waals surface area contributed by atoms with Crippen molar-refractivity contribution < 1.29 is 9.53 Å².